The molecule has 0 unspecified atom stereocenters. The number of aliphatic carboxylic acids is 4. The largest absolute Gasteiger partial charge is 0.508 e. The average Bonchev–Trinajstić information content (AvgIpc) is 1.78. The van der Waals surface area contributed by atoms with E-state index >= 15 is 0 Å². The number of benzene rings is 1. The monoisotopic (exact) mass is 1220 g/mol. The van der Waals surface area contributed by atoms with Crippen molar-refractivity contribution in [1.29, 1.82) is 0 Å². The number of carboxylic acids is 4. The van der Waals surface area contributed by atoms with Crippen molar-refractivity contribution in [2.75, 3.05) is 13.2 Å². The van der Waals surface area contributed by atoms with Crippen LogP contribution in [-0.4, -0.2) is 187 Å². The van der Waals surface area contributed by atoms with Crippen LogP contribution in [0.1, 0.15) is 119 Å². The molecule has 9 amide bonds. The van der Waals surface area contributed by atoms with Gasteiger partial charge >= 0.3 is 23.9 Å². The number of phenols is 1. The number of nitrogens with two attached hydrogens (primary N) is 3. The van der Waals surface area contributed by atoms with Crippen LogP contribution in [0.4, 0.5) is 0 Å². The van der Waals surface area contributed by atoms with Gasteiger partial charge in [0.15, 0.2) is 5.96 Å². The van der Waals surface area contributed by atoms with E-state index in [0.29, 0.717) is 6.42 Å². The highest BCUT2D eigenvalue weighted by atomic mass is 16.4. The fraction of sp³-hybridized carbons (Fsp3) is 0.630. The number of rotatable bonds is 40. The lowest BCUT2D eigenvalue weighted by molar-refractivity contribution is -0.143. The van der Waals surface area contributed by atoms with Gasteiger partial charge in [-0.15, -0.1) is 0 Å². The maximum atomic E-state index is 14.2. The van der Waals surface area contributed by atoms with Crippen LogP contribution in [0, 0.1) is 23.7 Å². The molecule has 0 heterocycles. The van der Waals surface area contributed by atoms with Gasteiger partial charge in [-0.05, 0) is 79.9 Å². The first-order valence-electron chi connectivity index (χ1n) is 27.9. The van der Waals surface area contributed by atoms with Crippen LogP contribution in [0.25, 0.3) is 0 Å². The van der Waals surface area contributed by atoms with Gasteiger partial charge < -0.3 is 95.7 Å². The van der Waals surface area contributed by atoms with E-state index in [1.807, 2.05) is 0 Å². The Morgan fingerprint density at radius 1 is 0.465 bits per heavy atom. The Kier molecular flexibility index (Phi) is 32.9. The maximum absolute atomic E-state index is 14.2. The second kappa shape index (κ2) is 37.6. The Hall–Kier alpha value is -8.68. The third-order valence-corrected chi connectivity index (χ3v) is 12.9. The van der Waals surface area contributed by atoms with Crippen molar-refractivity contribution >= 4 is 83.0 Å². The van der Waals surface area contributed by atoms with Crippen molar-refractivity contribution in [2.24, 2.45) is 45.9 Å². The molecular weight excluding hydrogens is 1130 g/mol. The Labute approximate surface area is 497 Å². The molecule has 32 nitrogen and oxygen atoms in total. The number of carbonyl (C=O) groups is 13. The number of carboxylic acid groups (broad SMARTS) is 4. The van der Waals surface area contributed by atoms with E-state index in [1.54, 1.807) is 41.5 Å². The third-order valence-electron chi connectivity index (χ3n) is 12.9. The lowest BCUT2D eigenvalue weighted by atomic mass is 9.98. The zero-order chi connectivity index (χ0) is 65.7. The van der Waals surface area contributed by atoms with Crippen molar-refractivity contribution in [3.05, 3.63) is 29.8 Å². The first-order valence-corrected chi connectivity index (χ1v) is 27.9. The third kappa shape index (κ3) is 28.7. The number of aliphatic hydroxyl groups excluding tert-OH is 1. The molecule has 0 aliphatic carbocycles. The molecule has 0 bridgehead atoms. The normalized spacial score (nSPS) is 14.7. The molecule has 0 aliphatic rings. The minimum absolute atomic E-state index is 0.00325. The van der Waals surface area contributed by atoms with E-state index in [4.69, 9.17) is 17.2 Å². The van der Waals surface area contributed by atoms with Gasteiger partial charge in [0.05, 0.1) is 19.1 Å². The predicted molar refractivity (Wildman–Crippen MR) is 306 cm³/mol. The molecule has 10 atom stereocenters. The first-order chi connectivity index (χ1) is 40.1. The molecule has 86 heavy (non-hydrogen) atoms. The van der Waals surface area contributed by atoms with Crippen LogP contribution >= 0.6 is 0 Å². The van der Waals surface area contributed by atoms with Crippen LogP contribution in [-0.2, 0) is 68.7 Å². The number of aromatic hydroxyl groups is 1. The smallest absolute Gasteiger partial charge is 0.326 e. The summed E-state index contributed by atoms with van der Waals surface area (Å²) in [4.78, 5) is 175. The number of amides is 9. The molecule has 21 N–H and O–H groups in total. The number of nitrogens with one attached hydrogen (secondary N) is 9. The number of guanidine groups is 1. The second-order valence-corrected chi connectivity index (χ2v) is 22.1. The van der Waals surface area contributed by atoms with E-state index < -0.39 is 194 Å². The summed E-state index contributed by atoms with van der Waals surface area (Å²) in [6, 6.07) is -10.9. The molecule has 1 rings (SSSR count). The van der Waals surface area contributed by atoms with Crippen LogP contribution in [0.5, 0.6) is 5.75 Å². The highest BCUT2D eigenvalue weighted by Crippen LogP contribution is 2.15. The Morgan fingerprint density at radius 2 is 0.849 bits per heavy atom. The van der Waals surface area contributed by atoms with Crippen molar-refractivity contribution in [2.45, 2.75) is 180 Å². The zero-order valence-electron chi connectivity index (χ0n) is 49.5. The van der Waals surface area contributed by atoms with E-state index in [9.17, 15) is 93.0 Å². The molecule has 1 aromatic rings. The van der Waals surface area contributed by atoms with E-state index in [-0.39, 0.29) is 54.9 Å². The quantitative estimate of drug-likeness (QED) is 0.0171. The number of nitrogens with zero attached hydrogens (tertiary/aromatic N) is 1. The summed E-state index contributed by atoms with van der Waals surface area (Å²) in [5, 5.41) is 80.2. The van der Waals surface area contributed by atoms with E-state index in [1.165, 1.54) is 38.1 Å². The molecule has 0 aromatic heterocycles. The number of carbonyl (C=O) groups excluding carboxylic acids is 9. The Bertz CT molecular complexity index is 2540. The van der Waals surface area contributed by atoms with Crippen LogP contribution in [0.2, 0.25) is 0 Å². The number of aliphatic imine (C=N–C) groups is 1. The summed E-state index contributed by atoms with van der Waals surface area (Å²) in [6.45, 7) is 12.0. The predicted octanol–water partition coefficient (Wildman–Crippen LogP) is -3.64. The van der Waals surface area contributed by atoms with Crippen LogP contribution < -0.4 is 65.1 Å². The summed E-state index contributed by atoms with van der Waals surface area (Å²) in [7, 11) is 0. The van der Waals surface area contributed by atoms with Gasteiger partial charge in [-0.1, -0.05) is 67.5 Å². The molecular formula is C54H87N13O19. The van der Waals surface area contributed by atoms with Gasteiger partial charge in [0.2, 0.25) is 53.2 Å². The summed E-state index contributed by atoms with van der Waals surface area (Å²) in [6.07, 6.45) is -3.96. The van der Waals surface area contributed by atoms with Gasteiger partial charge in [-0.25, -0.2) is 4.79 Å². The fourth-order valence-corrected chi connectivity index (χ4v) is 8.24. The Morgan fingerprint density at radius 3 is 1.29 bits per heavy atom. The topological polar surface area (TPSA) is 542 Å². The fourth-order valence-electron chi connectivity index (χ4n) is 8.24. The average molecular weight is 1220 g/mol. The number of aliphatic hydroxyl groups is 1. The number of hydrogen-bond donors (Lipinski definition) is 18. The standard InChI is InChI=1S/C54H87N13O19/c1-25(2)20-34(61-44(76)31(55)10-9-19-58-54(56)57)47(79)60-32(15-17-39(70)71)45(77)59-33(16-18-40(72)73)46(78)65-38(24-68)50(82)62-35(22-29-11-13-30(69)14-12-29)48(80)63-36(23-41(74)75)49(81)66-43(28(7)8)52(84)67-42(27(5)6)51(83)64-37(53(85)86)21-26(3)4/h11-14,25-28,31-38,42-43,68-69H,9-10,15-24,55H2,1-8H3,(H,59,77)(H,60,79)(H,61,76)(H,62,82)(H,63,80)(H,64,83)(H,65,78)(H,66,81)(H,67,84)(H,70,71)(H,72,73)(H,74,75)(H,85,86)(H4,56,57,58)/t31-,32-,33-,34-,35-,36-,37-,38-,42-,43-/m0/s1. The molecule has 32 heteroatoms. The van der Waals surface area contributed by atoms with E-state index in [0.717, 1.165) is 0 Å². The van der Waals surface area contributed by atoms with Gasteiger partial charge in [0.25, 0.3) is 0 Å². The molecule has 0 aliphatic heterocycles. The lowest BCUT2D eigenvalue weighted by Gasteiger charge is -2.29. The molecule has 0 fully saturated rings. The minimum atomic E-state index is -2.02. The molecule has 1 aromatic carbocycles. The van der Waals surface area contributed by atoms with Crippen molar-refractivity contribution in [3.8, 4) is 5.75 Å². The van der Waals surface area contributed by atoms with Gasteiger partial charge in [0, 0.05) is 25.8 Å². The highest BCUT2D eigenvalue weighted by molar-refractivity contribution is 5.99. The zero-order valence-corrected chi connectivity index (χ0v) is 49.5. The minimum Gasteiger partial charge on any atom is -0.508 e. The summed E-state index contributed by atoms with van der Waals surface area (Å²) >= 11 is 0. The SMILES string of the molecule is CC(C)C[C@H](NC(=O)[C@@H](NC(=O)[C@@H](NC(=O)[C@H](CC(=O)O)NC(=O)[C@H](Cc1ccc(O)cc1)NC(=O)[C@H](CO)NC(=O)[C@H](CCC(=O)O)NC(=O)[C@H](CCC(=O)O)NC(=O)[C@H](CC(C)C)NC(=O)[C@@H](N)CCCN=C(N)N)C(C)C)C(C)C)C(=O)O. The molecule has 0 radical (unpaired) electrons. The van der Waals surface area contributed by atoms with Crippen molar-refractivity contribution < 1.29 is 93.0 Å². The van der Waals surface area contributed by atoms with Crippen molar-refractivity contribution in [3.63, 3.8) is 0 Å². The van der Waals surface area contributed by atoms with Gasteiger partial charge in [0.1, 0.15) is 60.1 Å². The summed E-state index contributed by atoms with van der Waals surface area (Å²) < 4.78 is 0. The summed E-state index contributed by atoms with van der Waals surface area (Å²) in [5.41, 5.74) is 16.9. The van der Waals surface area contributed by atoms with Crippen LogP contribution in [0.3, 0.4) is 0 Å². The molecule has 0 spiro atoms. The lowest BCUT2D eigenvalue weighted by Crippen LogP contribution is -2.62. The maximum Gasteiger partial charge on any atom is 0.326 e. The van der Waals surface area contributed by atoms with Crippen LogP contribution in [0.15, 0.2) is 29.3 Å². The number of phenolic OH excluding ortho intramolecular Hbond substituents is 1. The molecule has 0 saturated heterocycles. The molecule has 0 saturated carbocycles. The molecule has 482 valence electrons. The second-order valence-electron chi connectivity index (χ2n) is 22.1. The Balaban J connectivity index is 3.58. The first kappa shape index (κ1) is 75.3. The summed E-state index contributed by atoms with van der Waals surface area (Å²) in [5.74, 6) is -17.8. The highest BCUT2D eigenvalue weighted by Gasteiger charge is 2.38. The van der Waals surface area contributed by atoms with Crippen molar-refractivity contribution in [1.82, 2.24) is 47.9 Å². The van der Waals surface area contributed by atoms with E-state index in [2.05, 4.69) is 52.8 Å². The van der Waals surface area contributed by atoms with Gasteiger partial charge in [-0.2, -0.15) is 0 Å². The van der Waals surface area contributed by atoms with Gasteiger partial charge in [-0.3, -0.25) is 62.5 Å². The number of hydrogen-bond acceptors (Lipinski definition) is 17.